The number of imidazole rings is 1. The SMILES string of the molecule is C1=C(c2ccc(-c3ccc(-c4cnc([C@@H]5CCCN5)[nH]4)cc3)c3c2CCC32CCCC2)CC([C@@H]2CCCN2)=N1. The van der Waals surface area contributed by atoms with Crippen LogP contribution in [0.1, 0.15) is 92.8 Å². The minimum absolute atomic E-state index is 0.363. The zero-order chi connectivity index (χ0) is 25.8. The molecule has 0 radical (unpaired) electrons. The number of nitrogens with zero attached hydrogens (tertiary/aromatic N) is 2. The number of fused-ring (bicyclic) bond motifs is 2. The van der Waals surface area contributed by atoms with Crippen molar-refractivity contribution in [2.45, 2.75) is 88.1 Å². The lowest BCUT2D eigenvalue weighted by atomic mass is 9.76. The Morgan fingerprint density at radius 3 is 2.28 bits per heavy atom. The van der Waals surface area contributed by atoms with Gasteiger partial charge in [-0.2, -0.15) is 0 Å². The maximum absolute atomic E-state index is 4.92. The summed E-state index contributed by atoms with van der Waals surface area (Å²) in [5.74, 6) is 1.07. The van der Waals surface area contributed by atoms with Crippen LogP contribution in [0.5, 0.6) is 0 Å². The second-order valence-electron chi connectivity index (χ2n) is 12.5. The number of allylic oxidation sites excluding steroid dienone is 1. The van der Waals surface area contributed by atoms with Gasteiger partial charge in [-0.1, -0.05) is 49.2 Å². The van der Waals surface area contributed by atoms with E-state index in [9.17, 15) is 0 Å². The fraction of sp³-hybridized carbons (Fsp3) is 0.471. The molecule has 3 fully saturated rings. The van der Waals surface area contributed by atoms with Gasteiger partial charge in [0.1, 0.15) is 5.82 Å². The molecule has 0 bridgehead atoms. The van der Waals surface area contributed by atoms with E-state index in [-0.39, 0.29) is 0 Å². The average molecular weight is 518 g/mol. The third kappa shape index (κ3) is 4.05. The predicted molar refractivity (Wildman–Crippen MR) is 159 cm³/mol. The van der Waals surface area contributed by atoms with Gasteiger partial charge in [0, 0.05) is 24.4 Å². The van der Waals surface area contributed by atoms with Crippen molar-refractivity contribution in [1.82, 2.24) is 20.6 Å². The second-order valence-corrected chi connectivity index (χ2v) is 12.5. The van der Waals surface area contributed by atoms with Crippen LogP contribution in [0, 0.1) is 0 Å². The van der Waals surface area contributed by atoms with Crippen LogP contribution in [0.15, 0.2) is 53.8 Å². The summed E-state index contributed by atoms with van der Waals surface area (Å²) in [4.78, 5) is 13.2. The summed E-state index contributed by atoms with van der Waals surface area (Å²) in [6.45, 7) is 2.22. The lowest BCUT2D eigenvalue weighted by molar-refractivity contribution is 0.440. The van der Waals surface area contributed by atoms with Crippen LogP contribution in [-0.2, 0) is 11.8 Å². The van der Waals surface area contributed by atoms with Crippen LogP contribution in [0.2, 0.25) is 0 Å². The van der Waals surface area contributed by atoms with E-state index in [4.69, 9.17) is 9.98 Å². The number of aromatic amines is 1. The predicted octanol–water partition coefficient (Wildman–Crippen LogP) is 6.86. The summed E-state index contributed by atoms with van der Waals surface area (Å²) in [7, 11) is 0. The van der Waals surface area contributed by atoms with Gasteiger partial charge in [0.15, 0.2) is 0 Å². The van der Waals surface area contributed by atoms with Gasteiger partial charge in [-0.25, -0.2) is 4.98 Å². The van der Waals surface area contributed by atoms with Gasteiger partial charge >= 0.3 is 0 Å². The molecule has 4 heterocycles. The lowest BCUT2D eigenvalue weighted by Crippen LogP contribution is -2.29. The first kappa shape index (κ1) is 23.8. The van der Waals surface area contributed by atoms with Crippen LogP contribution < -0.4 is 10.6 Å². The van der Waals surface area contributed by atoms with Gasteiger partial charge in [0.25, 0.3) is 0 Å². The zero-order valence-corrected chi connectivity index (χ0v) is 22.9. The van der Waals surface area contributed by atoms with Crippen LogP contribution in [-0.4, -0.2) is 34.8 Å². The Labute approximate surface area is 231 Å². The standard InChI is InChI=1S/C34H39N5/c1-2-15-34(14-1)16-13-27-25(24-19-30(37-20-24)28-5-3-17-35-28)11-12-26(32(27)34)22-7-9-23(10-8-22)31-21-38-33(39-31)29-6-4-18-36-29/h7-12,20-21,28-29,35-36H,1-6,13-19H2,(H,38,39)/t28-,29-/m0/s1. The highest BCUT2D eigenvalue weighted by Gasteiger charge is 2.44. The number of benzene rings is 2. The molecule has 0 amide bonds. The van der Waals surface area contributed by atoms with E-state index in [1.165, 1.54) is 91.3 Å². The van der Waals surface area contributed by atoms with Gasteiger partial charge < -0.3 is 15.6 Å². The molecule has 2 saturated heterocycles. The Morgan fingerprint density at radius 2 is 1.51 bits per heavy atom. The van der Waals surface area contributed by atoms with Crippen molar-refractivity contribution in [2.75, 3.05) is 13.1 Å². The molecule has 1 spiro atoms. The van der Waals surface area contributed by atoms with E-state index in [0.29, 0.717) is 17.5 Å². The fourth-order valence-corrected chi connectivity index (χ4v) is 8.30. The number of aliphatic imine (C=N–C) groups is 1. The summed E-state index contributed by atoms with van der Waals surface area (Å²) >= 11 is 0. The number of nitrogens with one attached hydrogen (secondary N) is 3. The van der Waals surface area contributed by atoms with E-state index < -0.39 is 0 Å². The minimum atomic E-state index is 0.363. The molecule has 3 aliphatic heterocycles. The molecule has 2 aromatic carbocycles. The van der Waals surface area contributed by atoms with Gasteiger partial charge in [-0.3, -0.25) is 4.99 Å². The number of hydrogen-bond acceptors (Lipinski definition) is 4. The van der Waals surface area contributed by atoms with Crippen molar-refractivity contribution >= 4 is 11.3 Å². The highest BCUT2D eigenvalue weighted by molar-refractivity contribution is 6.02. The molecule has 5 aliphatic rings. The molecule has 0 unspecified atom stereocenters. The first-order chi connectivity index (χ1) is 19.3. The van der Waals surface area contributed by atoms with Gasteiger partial charge in [0.05, 0.1) is 17.9 Å². The van der Waals surface area contributed by atoms with Crippen molar-refractivity contribution in [3.8, 4) is 22.4 Å². The molecule has 3 N–H and O–H groups in total. The molecule has 1 aromatic heterocycles. The minimum Gasteiger partial charge on any atom is -0.341 e. The van der Waals surface area contributed by atoms with Crippen LogP contribution in [0.3, 0.4) is 0 Å². The number of rotatable bonds is 5. The van der Waals surface area contributed by atoms with Crippen molar-refractivity contribution in [2.24, 2.45) is 4.99 Å². The lowest BCUT2D eigenvalue weighted by Gasteiger charge is -2.28. The molecule has 39 heavy (non-hydrogen) atoms. The maximum atomic E-state index is 4.92. The number of hydrogen-bond donors (Lipinski definition) is 3. The highest BCUT2D eigenvalue weighted by atomic mass is 15.0. The van der Waals surface area contributed by atoms with E-state index in [1.807, 2.05) is 6.20 Å². The van der Waals surface area contributed by atoms with Crippen LogP contribution in [0.4, 0.5) is 0 Å². The summed E-state index contributed by atoms with van der Waals surface area (Å²) in [5.41, 5.74) is 13.0. The quantitative estimate of drug-likeness (QED) is 0.346. The molecule has 2 atom stereocenters. The summed E-state index contributed by atoms with van der Waals surface area (Å²) < 4.78 is 0. The van der Waals surface area contributed by atoms with Crippen LogP contribution in [0.25, 0.3) is 28.0 Å². The molecule has 8 rings (SSSR count). The monoisotopic (exact) mass is 517 g/mol. The largest absolute Gasteiger partial charge is 0.341 e. The molecule has 1 saturated carbocycles. The molecular formula is C34H39N5. The van der Waals surface area contributed by atoms with Gasteiger partial charge in [0.2, 0.25) is 0 Å². The second kappa shape index (κ2) is 9.57. The molecule has 5 nitrogen and oxygen atoms in total. The Kier molecular flexibility index (Phi) is 5.85. The van der Waals surface area contributed by atoms with Crippen molar-refractivity contribution in [1.29, 1.82) is 0 Å². The molecule has 5 heteroatoms. The van der Waals surface area contributed by atoms with Crippen molar-refractivity contribution in [3.63, 3.8) is 0 Å². The Balaban J connectivity index is 1.12. The average Bonchev–Trinajstić information content (AvgIpc) is 3.82. The first-order valence-corrected chi connectivity index (χ1v) is 15.3. The molecule has 2 aliphatic carbocycles. The van der Waals surface area contributed by atoms with E-state index in [0.717, 1.165) is 37.4 Å². The van der Waals surface area contributed by atoms with Crippen LogP contribution >= 0.6 is 0 Å². The van der Waals surface area contributed by atoms with E-state index in [1.54, 1.807) is 11.1 Å². The first-order valence-electron chi connectivity index (χ1n) is 15.3. The van der Waals surface area contributed by atoms with Crippen molar-refractivity contribution in [3.05, 3.63) is 71.3 Å². The van der Waals surface area contributed by atoms with Crippen molar-refractivity contribution < 1.29 is 0 Å². The molecule has 3 aromatic rings. The normalized spacial score (nSPS) is 25.4. The maximum Gasteiger partial charge on any atom is 0.123 e. The Morgan fingerprint density at radius 1 is 0.769 bits per heavy atom. The zero-order valence-electron chi connectivity index (χ0n) is 22.9. The molecular weight excluding hydrogens is 478 g/mol. The fourth-order valence-electron chi connectivity index (χ4n) is 8.30. The highest BCUT2D eigenvalue weighted by Crippen LogP contribution is 2.55. The summed E-state index contributed by atoms with van der Waals surface area (Å²) in [6, 6.07) is 14.9. The number of H-pyrrole nitrogens is 1. The third-order valence-corrected chi connectivity index (χ3v) is 10.3. The number of aromatic nitrogens is 2. The van der Waals surface area contributed by atoms with E-state index >= 15 is 0 Å². The van der Waals surface area contributed by atoms with E-state index in [2.05, 4.69) is 58.2 Å². The third-order valence-electron chi connectivity index (χ3n) is 10.3. The van der Waals surface area contributed by atoms with Gasteiger partial charge in [-0.15, -0.1) is 0 Å². The molecule has 200 valence electrons. The smallest absolute Gasteiger partial charge is 0.123 e. The summed E-state index contributed by atoms with van der Waals surface area (Å²) in [6.07, 6.45) is 18.0. The van der Waals surface area contributed by atoms with Gasteiger partial charge in [-0.05, 0) is 109 Å². The Bertz CT molecular complexity index is 1440. The summed E-state index contributed by atoms with van der Waals surface area (Å²) in [5, 5.41) is 7.20. The Hall–Kier alpha value is -3.02. The topological polar surface area (TPSA) is 65.1 Å².